The molecule has 0 radical (unpaired) electrons. The minimum absolute atomic E-state index is 0.0463. The number of pyridine rings is 1. The highest BCUT2D eigenvalue weighted by atomic mass is 16.4. The summed E-state index contributed by atoms with van der Waals surface area (Å²) in [4.78, 5) is 21.6. The van der Waals surface area contributed by atoms with E-state index in [1.165, 1.54) is 0 Å². The van der Waals surface area contributed by atoms with Gasteiger partial charge in [-0.2, -0.15) is 0 Å². The highest BCUT2D eigenvalue weighted by Gasteiger charge is 2.40. The van der Waals surface area contributed by atoms with Crippen molar-refractivity contribution in [1.82, 2.24) is 25.0 Å². The van der Waals surface area contributed by atoms with Crippen molar-refractivity contribution in [3.63, 3.8) is 0 Å². The molecule has 5 rings (SSSR count). The number of rotatable bonds is 5. The Morgan fingerprint density at radius 3 is 2.81 bits per heavy atom. The standard InChI is InChI=1S/C19H25N5O2/c1-13(2)18-22-21-17(26-18)12-23-9-14-6-7-16(11-23)24(19(14)25)10-15-5-3-4-8-20-15/h3-5,8,13-14,16H,6-7,9-12H2,1-2H3/t14-,16+/m1/s1. The Bertz CT molecular complexity index is 760. The fourth-order valence-electron chi connectivity index (χ4n) is 3.89. The molecule has 3 fully saturated rings. The van der Waals surface area contributed by atoms with Crippen molar-refractivity contribution in [3.8, 4) is 0 Å². The van der Waals surface area contributed by atoms with Gasteiger partial charge in [-0.1, -0.05) is 19.9 Å². The number of nitrogens with zero attached hydrogens (tertiary/aromatic N) is 5. The van der Waals surface area contributed by atoms with E-state index in [1.54, 1.807) is 6.20 Å². The molecule has 2 bridgehead atoms. The van der Waals surface area contributed by atoms with Crippen molar-refractivity contribution in [2.45, 2.75) is 51.7 Å². The zero-order valence-corrected chi connectivity index (χ0v) is 15.3. The zero-order valence-electron chi connectivity index (χ0n) is 15.3. The van der Waals surface area contributed by atoms with Gasteiger partial charge in [0.25, 0.3) is 0 Å². The number of carbonyl (C=O) groups is 1. The molecule has 2 aromatic heterocycles. The van der Waals surface area contributed by atoms with Gasteiger partial charge in [-0.15, -0.1) is 10.2 Å². The van der Waals surface area contributed by atoms with Crippen molar-refractivity contribution in [1.29, 1.82) is 0 Å². The monoisotopic (exact) mass is 355 g/mol. The molecule has 3 aliphatic heterocycles. The average molecular weight is 355 g/mol. The fourth-order valence-corrected chi connectivity index (χ4v) is 3.89. The number of piperidine rings is 1. The van der Waals surface area contributed by atoms with Gasteiger partial charge in [-0.25, -0.2) is 0 Å². The first kappa shape index (κ1) is 17.1. The number of aromatic nitrogens is 3. The van der Waals surface area contributed by atoms with E-state index in [1.807, 2.05) is 36.9 Å². The number of carbonyl (C=O) groups excluding carboxylic acids is 1. The maximum Gasteiger partial charge on any atom is 0.230 e. The van der Waals surface area contributed by atoms with Crippen LogP contribution in [0.25, 0.3) is 0 Å². The molecule has 2 aromatic rings. The molecule has 0 unspecified atom stereocenters. The van der Waals surface area contributed by atoms with Gasteiger partial charge >= 0.3 is 0 Å². The first-order valence-corrected chi connectivity index (χ1v) is 9.35. The van der Waals surface area contributed by atoms with Crippen LogP contribution >= 0.6 is 0 Å². The van der Waals surface area contributed by atoms with Crippen LogP contribution in [0.5, 0.6) is 0 Å². The van der Waals surface area contributed by atoms with Crippen molar-refractivity contribution >= 4 is 5.91 Å². The molecule has 3 aliphatic rings. The summed E-state index contributed by atoms with van der Waals surface area (Å²) >= 11 is 0. The maximum atomic E-state index is 12.9. The quantitative estimate of drug-likeness (QED) is 0.818. The molecule has 0 spiro atoms. The van der Waals surface area contributed by atoms with E-state index in [-0.39, 0.29) is 23.8 Å². The van der Waals surface area contributed by atoms with Gasteiger partial charge < -0.3 is 9.32 Å². The molecule has 5 heterocycles. The van der Waals surface area contributed by atoms with Crippen LogP contribution < -0.4 is 0 Å². The summed E-state index contributed by atoms with van der Waals surface area (Å²) in [5.74, 6) is 1.84. The lowest BCUT2D eigenvalue weighted by Gasteiger charge is -2.35. The van der Waals surface area contributed by atoms with Crippen molar-refractivity contribution in [2.24, 2.45) is 5.92 Å². The summed E-state index contributed by atoms with van der Waals surface area (Å²) < 4.78 is 5.76. The van der Waals surface area contributed by atoms with E-state index in [0.29, 0.717) is 24.9 Å². The number of fused-ring (bicyclic) bond motifs is 4. The first-order chi connectivity index (χ1) is 12.6. The van der Waals surface area contributed by atoms with Crippen LogP contribution in [0.2, 0.25) is 0 Å². The number of hydrogen-bond acceptors (Lipinski definition) is 6. The van der Waals surface area contributed by atoms with Gasteiger partial charge in [0.05, 0.1) is 24.7 Å². The normalized spacial score (nSPS) is 23.7. The van der Waals surface area contributed by atoms with Gasteiger partial charge in [0.2, 0.25) is 17.7 Å². The third kappa shape index (κ3) is 3.49. The summed E-state index contributed by atoms with van der Waals surface area (Å²) in [5.41, 5.74) is 0.943. The van der Waals surface area contributed by atoms with Crippen LogP contribution in [0.15, 0.2) is 28.8 Å². The molecule has 2 atom stereocenters. The summed E-state index contributed by atoms with van der Waals surface area (Å²) in [6, 6.07) is 6.07. The molecule has 0 N–H and O–H groups in total. The Labute approximate surface area is 153 Å². The molecule has 0 saturated carbocycles. The minimum atomic E-state index is 0.0463. The second-order valence-electron chi connectivity index (χ2n) is 7.60. The second kappa shape index (κ2) is 7.15. The lowest BCUT2D eigenvalue weighted by atomic mass is 9.94. The Hall–Kier alpha value is -2.28. The molecule has 26 heavy (non-hydrogen) atoms. The van der Waals surface area contributed by atoms with Gasteiger partial charge in [-0.3, -0.25) is 14.7 Å². The Morgan fingerprint density at radius 2 is 2.08 bits per heavy atom. The summed E-state index contributed by atoms with van der Waals surface area (Å²) in [5, 5.41) is 8.29. The maximum absolute atomic E-state index is 12.9. The molecule has 3 saturated heterocycles. The third-order valence-corrected chi connectivity index (χ3v) is 5.26. The molecular weight excluding hydrogens is 330 g/mol. The predicted octanol–water partition coefficient (Wildman–Crippen LogP) is 2.21. The Kier molecular flexibility index (Phi) is 4.72. The zero-order chi connectivity index (χ0) is 18.1. The Morgan fingerprint density at radius 1 is 1.19 bits per heavy atom. The number of hydrogen-bond donors (Lipinski definition) is 0. The van der Waals surface area contributed by atoms with Gasteiger partial charge in [0.1, 0.15) is 0 Å². The van der Waals surface area contributed by atoms with Gasteiger partial charge in [0, 0.05) is 31.2 Å². The fraction of sp³-hybridized carbons (Fsp3) is 0.579. The highest BCUT2D eigenvalue weighted by Crippen LogP contribution is 2.30. The third-order valence-electron chi connectivity index (χ3n) is 5.26. The van der Waals surface area contributed by atoms with E-state index < -0.39 is 0 Å². The number of amides is 1. The molecule has 0 aliphatic carbocycles. The van der Waals surface area contributed by atoms with Gasteiger partial charge in [-0.05, 0) is 25.0 Å². The second-order valence-corrected chi connectivity index (χ2v) is 7.60. The van der Waals surface area contributed by atoms with Crippen molar-refractivity contribution in [2.75, 3.05) is 13.1 Å². The van der Waals surface area contributed by atoms with E-state index in [4.69, 9.17) is 4.42 Å². The molecule has 1 amide bonds. The SMILES string of the molecule is CC(C)c1nnc(CN2C[C@H]3CC[C@@H](C2)N(Cc2ccccn2)C3=O)o1. The van der Waals surface area contributed by atoms with Crippen LogP contribution in [0.4, 0.5) is 0 Å². The topological polar surface area (TPSA) is 75.4 Å². The highest BCUT2D eigenvalue weighted by molar-refractivity contribution is 5.80. The van der Waals surface area contributed by atoms with Gasteiger partial charge in [0.15, 0.2) is 0 Å². The van der Waals surface area contributed by atoms with E-state index in [2.05, 4.69) is 20.1 Å². The molecule has 7 nitrogen and oxygen atoms in total. The Balaban J connectivity index is 1.47. The van der Waals surface area contributed by atoms with Crippen LogP contribution in [-0.4, -0.2) is 50.0 Å². The van der Waals surface area contributed by atoms with E-state index in [0.717, 1.165) is 31.6 Å². The predicted molar refractivity (Wildman–Crippen MR) is 95.0 cm³/mol. The smallest absolute Gasteiger partial charge is 0.230 e. The minimum Gasteiger partial charge on any atom is -0.424 e. The van der Waals surface area contributed by atoms with Crippen LogP contribution in [0.3, 0.4) is 0 Å². The summed E-state index contributed by atoms with van der Waals surface area (Å²) in [6.45, 7) is 6.88. The summed E-state index contributed by atoms with van der Waals surface area (Å²) in [7, 11) is 0. The molecule has 138 valence electrons. The average Bonchev–Trinajstić information content (AvgIpc) is 2.95. The molecule has 7 heteroatoms. The van der Waals surface area contributed by atoms with Crippen LogP contribution in [-0.2, 0) is 17.9 Å². The van der Waals surface area contributed by atoms with Crippen LogP contribution in [0.1, 0.15) is 50.1 Å². The first-order valence-electron chi connectivity index (χ1n) is 9.35. The van der Waals surface area contributed by atoms with Crippen molar-refractivity contribution in [3.05, 3.63) is 41.9 Å². The summed E-state index contributed by atoms with van der Waals surface area (Å²) in [6.07, 6.45) is 3.78. The lowest BCUT2D eigenvalue weighted by Crippen LogP contribution is -2.47. The van der Waals surface area contributed by atoms with Crippen LogP contribution in [0, 0.1) is 5.92 Å². The largest absolute Gasteiger partial charge is 0.424 e. The van der Waals surface area contributed by atoms with E-state index >= 15 is 0 Å². The molecular formula is C19H25N5O2. The van der Waals surface area contributed by atoms with E-state index in [9.17, 15) is 4.79 Å². The molecule has 0 aromatic carbocycles. The lowest BCUT2D eigenvalue weighted by molar-refractivity contribution is -0.140. The van der Waals surface area contributed by atoms with Crippen molar-refractivity contribution < 1.29 is 9.21 Å².